The minimum atomic E-state index is -0.286. The molecule has 2 rings (SSSR count). The van der Waals surface area contributed by atoms with Crippen molar-refractivity contribution in [2.75, 3.05) is 7.05 Å². The Morgan fingerprint density at radius 2 is 1.82 bits per heavy atom. The molecule has 4 nitrogen and oxygen atoms in total. The van der Waals surface area contributed by atoms with Crippen LogP contribution < -0.4 is 0 Å². The summed E-state index contributed by atoms with van der Waals surface area (Å²) in [6.07, 6.45) is 0. The largest absolute Gasteiger partial charge is 0.361 e. The average Bonchev–Trinajstić information content (AvgIpc) is 2.84. The highest BCUT2D eigenvalue weighted by atomic mass is 35.5. The maximum absolute atomic E-state index is 12.8. The van der Waals surface area contributed by atoms with E-state index >= 15 is 0 Å². The summed E-state index contributed by atoms with van der Waals surface area (Å²) < 4.78 is 5.17. The molecular formula is C17H21ClN2O2. The molecule has 0 aliphatic heterocycles. The van der Waals surface area contributed by atoms with Crippen LogP contribution in [-0.2, 0) is 4.79 Å². The van der Waals surface area contributed by atoms with Crippen molar-refractivity contribution in [3.05, 3.63) is 51.9 Å². The first-order valence-corrected chi connectivity index (χ1v) is 7.65. The van der Waals surface area contributed by atoms with E-state index in [4.69, 9.17) is 16.1 Å². The van der Waals surface area contributed by atoms with Crippen molar-refractivity contribution in [2.45, 2.75) is 39.7 Å². The zero-order valence-electron chi connectivity index (χ0n) is 13.6. The SMILES string of the molecule is Cc1noc(C)c1C(C)C(=O)N(C)C(C)c1ccc(Cl)cc1. The summed E-state index contributed by atoms with van der Waals surface area (Å²) >= 11 is 5.91. The van der Waals surface area contributed by atoms with Crippen molar-refractivity contribution in [2.24, 2.45) is 0 Å². The Bertz CT molecular complexity index is 644. The molecule has 0 fully saturated rings. The molecule has 2 unspecified atom stereocenters. The van der Waals surface area contributed by atoms with Gasteiger partial charge in [-0.05, 0) is 45.4 Å². The maximum atomic E-state index is 12.8. The van der Waals surface area contributed by atoms with Crippen LogP contribution >= 0.6 is 11.6 Å². The summed E-state index contributed by atoms with van der Waals surface area (Å²) in [7, 11) is 1.82. The lowest BCUT2D eigenvalue weighted by molar-refractivity contribution is -0.133. The number of nitrogens with zero attached hydrogens (tertiary/aromatic N) is 2. The molecule has 0 saturated carbocycles. The molecule has 0 aliphatic rings. The standard InChI is InChI=1S/C17H21ClN2O2/c1-10(16-11(2)19-22-13(16)4)17(21)20(5)12(3)14-6-8-15(18)9-7-14/h6-10,12H,1-5H3. The van der Waals surface area contributed by atoms with Gasteiger partial charge in [0.05, 0.1) is 17.7 Å². The first kappa shape index (κ1) is 16.6. The van der Waals surface area contributed by atoms with Crippen LogP contribution in [0, 0.1) is 13.8 Å². The van der Waals surface area contributed by atoms with Crippen molar-refractivity contribution in [3.8, 4) is 0 Å². The molecule has 0 spiro atoms. The molecule has 1 aromatic carbocycles. The molecule has 1 heterocycles. The third-order valence-electron chi connectivity index (χ3n) is 4.17. The number of halogens is 1. The van der Waals surface area contributed by atoms with Gasteiger partial charge < -0.3 is 9.42 Å². The van der Waals surface area contributed by atoms with Gasteiger partial charge in [-0.3, -0.25) is 4.79 Å². The van der Waals surface area contributed by atoms with E-state index in [-0.39, 0.29) is 17.9 Å². The quantitative estimate of drug-likeness (QED) is 0.845. The van der Waals surface area contributed by atoms with Gasteiger partial charge in [0.25, 0.3) is 0 Å². The molecular weight excluding hydrogens is 300 g/mol. The zero-order chi connectivity index (χ0) is 16.4. The van der Waals surface area contributed by atoms with Gasteiger partial charge in [0.15, 0.2) is 0 Å². The summed E-state index contributed by atoms with van der Waals surface area (Å²) in [6, 6.07) is 7.52. The minimum absolute atomic E-state index is 0.0345. The van der Waals surface area contributed by atoms with Gasteiger partial charge in [-0.25, -0.2) is 0 Å². The van der Waals surface area contributed by atoms with Gasteiger partial charge in [-0.2, -0.15) is 0 Å². The third kappa shape index (κ3) is 3.17. The molecule has 1 amide bonds. The predicted molar refractivity (Wildman–Crippen MR) is 87.0 cm³/mol. The van der Waals surface area contributed by atoms with E-state index in [1.807, 2.05) is 59.0 Å². The second kappa shape index (κ2) is 6.53. The first-order valence-electron chi connectivity index (χ1n) is 7.27. The topological polar surface area (TPSA) is 46.3 Å². The Kier molecular flexibility index (Phi) is 4.91. The highest BCUT2D eigenvalue weighted by Crippen LogP contribution is 2.28. The van der Waals surface area contributed by atoms with Crippen LogP contribution in [0.15, 0.2) is 28.8 Å². The fraction of sp³-hybridized carbons (Fsp3) is 0.412. The Balaban J connectivity index is 2.19. The first-order chi connectivity index (χ1) is 10.3. The summed E-state index contributed by atoms with van der Waals surface area (Å²) in [5.41, 5.74) is 2.69. The van der Waals surface area contributed by atoms with Crippen LogP contribution in [0.5, 0.6) is 0 Å². The number of carbonyl (C=O) groups excluding carboxylic acids is 1. The van der Waals surface area contributed by atoms with Crippen LogP contribution in [0.2, 0.25) is 5.02 Å². The Morgan fingerprint density at radius 3 is 2.32 bits per heavy atom. The lowest BCUT2D eigenvalue weighted by Crippen LogP contribution is -2.33. The zero-order valence-corrected chi connectivity index (χ0v) is 14.3. The smallest absolute Gasteiger partial charge is 0.230 e. The summed E-state index contributed by atoms with van der Waals surface area (Å²) in [5.74, 6) is 0.453. The Morgan fingerprint density at radius 1 is 1.23 bits per heavy atom. The van der Waals surface area contributed by atoms with Crippen molar-refractivity contribution < 1.29 is 9.32 Å². The van der Waals surface area contributed by atoms with Crippen LogP contribution in [0.1, 0.15) is 48.4 Å². The number of hydrogen-bond donors (Lipinski definition) is 0. The normalized spacial score (nSPS) is 13.7. The highest BCUT2D eigenvalue weighted by Gasteiger charge is 2.27. The lowest BCUT2D eigenvalue weighted by Gasteiger charge is -2.28. The number of rotatable bonds is 4. The molecule has 2 aromatic rings. The molecule has 0 aliphatic carbocycles. The lowest BCUT2D eigenvalue weighted by atomic mass is 9.97. The van der Waals surface area contributed by atoms with E-state index in [2.05, 4.69) is 5.16 Å². The predicted octanol–water partition coefficient (Wildman–Crippen LogP) is 4.27. The average molecular weight is 321 g/mol. The van der Waals surface area contributed by atoms with Gasteiger partial charge >= 0.3 is 0 Å². The molecule has 22 heavy (non-hydrogen) atoms. The Hall–Kier alpha value is -1.81. The number of aryl methyl sites for hydroxylation is 2. The van der Waals surface area contributed by atoms with Gasteiger partial charge in [0.2, 0.25) is 5.91 Å². The van der Waals surface area contributed by atoms with Gasteiger partial charge in [0, 0.05) is 17.6 Å². The molecule has 5 heteroatoms. The number of carbonyl (C=O) groups is 1. The molecule has 0 saturated heterocycles. The number of hydrogen-bond acceptors (Lipinski definition) is 3. The number of benzene rings is 1. The van der Waals surface area contributed by atoms with Crippen molar-refractivity contribution in [1.82, 2.24) is 10.1 Å². The van der Waals surface area contributed by atoms with Crippen LogP contribution in [-0.4, -0.2) is 23.0 Å². The second-order valence-corrected chi connectivity index (χ2v) is 6.07. The number of amides is 1. The molecule has 2 atom stereocenters. The van der Waals surface area contributed by atoms with Crippen molar-refractivity contribution in [1.29, 1.82) is 0 Å². The van der Waals surface area contributed by atoms with E-state index in [1.54, 1.807) is 4.90 Å². The fourth-order valence-corrected chi connectivity index (χ4v) is 2.82. The molecule has 0 radical (unpaired) electrons. The Labute approximate surface area is 136 Å². The van der Waals surface area contributed by atoms with Gasteiger partial charge in [-0.1, -0.05) is 28.9 Å². The van der Waals surface area contributed by atoms with Crippen LogP contribution in [0.4, 0.5) is 0 Å². The van der Waals surface area contributed by atoms with Crippen molar-refractivity contribution in [3.63, 3.8) is 0 Å². The summed E-state index contributed by atoms with van der Waals surface area (Å²) in [4.78, 5) is 14.5. The third-order valence-corrected chi connectivity index (χ3v) is 4.42. The number of likely N-dealkylation sites (N-methyl/N-ethyl adjacent to an activating group) is 1. The van der Waals surface area contributed by atoms with E-state index in [9.17, 15) is 4.79 Å². The highest BCUT2D eigenvalue weighted by molar-refractivity contribution is 6.30. The second-order valence-electron chi connectivity index (χ2n) is 5.64. The fourth-order valence-electron chi connectivity index (χ4n) is 2.69. The van der Waals surface area contributed by atoms with Crippen LogP contribution in [0.3, 0.4) is 0 Å². The van der Waals surface area contributed by atoms with Gasteiger partial charge in [0.1, 0.15) is 5.76 Å². The van der Waals surface area contributed by atoms with E-state index in [1.165, 1.54) is 0 Å². The molecule has 0 N–H and O–H groups in total. The summed E-state index contributed by atoms with van der Waals surface area (Å²) in [5, 5.41) is 4.62. The molecule has 1 aromatic heterocycles. The monoisotopic (exact) mass is 320 g/mol. The van der Waals surface area contributed by atoms with Crippen LogP contribution in [0.25, 0.3) is 0 Å². The van der Waals surface area contributed by atoms with Gasteiger partial charge in [-0.15, -0.1) is 0 Å². The molecule has 118 valence electrons. The summed E-state index contributed by atoms with van der Waals surface area (Å²) in [6.45, 7) is 7.58. The minimum Gasteiger partial charge on any atom is -0.361 e. The van der Waals surface area contributed by atoms with E-state index < -0.39 is 0 Å². The number of aromatic nitrogens is 1. The maximum Gasteiger partial charge on any atom is 0.230 e. The van der Waals surface area contributed by atoms with Crippen molar-refractivity contribution >= 4 is 17.5 Å². The van der Waals surface area contributed by atoms with E-state index in [0.29, 0.717) is 10.8 Å². The molecule has 0 bridgehead atoms. The van der Waals surface area contributed by atoms with E-state index in [0.717, 1.165) is 16.8 Å².